The second kappa shape index (κ2) is 7.16. The molecule has 0 spiro atoms. The fourth-order valence-corrected chi connectivity index (χ4v) is 3.01. The van der Waals surface area contributed by atoms with Crippen molar-refractivity contribution in [1.82, 2.24) is 5.32 Å². The summed E-state index contributed by atoms with van der Waals surface area (Å²) < 4.78 is 16.2. The molecule has 1 heterocycles. The lowest BCUT2D eigenvalue weighted by molar-refractivity contribution is 0.177. The molecule has 1 fully saturated rings. The normalized spacial score (nSPS) is 19.9. The molecule has 1 aliphatic heterocycles. The summed E-state index contributed by atoms with van der Waals surface area (Å²) >= 11 is 6.30. The van der Waals surface area contributed by atoms with E-state index in [1.165, 1.54) is 0 Å². The lowest BCUT2D eigenvalue weighted by Crippen LogP contribution is -2.28. The SMILES string of the molecule is CCNC(c1cc(Cl)c(OC)c(OC)c1)C1CCOC1. The number of nitrogens with one attached hydrogen (secondary N) is 1. The van der Waals surface area contributed by atoms with Crippen LogP contribution in [0.2, 0.25) is 5.02 Å². The van der Waals surface area contributed by atoms with Crippen LogP contribution in [-0.4, -0.2) is 34.0 Å². The smallest absolute Gasteiger partial charge is 0.179 e. The van der Waals surface area contributed by atoms with Gasteiger partial charge in [0.15, 0.2) is 11.5 Å². The zero-order valence-corrected chi connectivity index (χ0v) is 13.0. The van der Waals surface area contributed by atoms with E-state index in [2.05, 4.69) is 12.2 Å². The van der Waals surface area contributed by atoms with Gasteiger partial charge < -0.3 is 19.5 Å². The highest BCUT2D eigenvalue weighted by atomic mass is 35.5. The van der Waals surface area contributed by atoms with Gasteiger partial charge in [0.2, 0.25) is 0 Å². The van der Waals surface area contributed by atoms with Crippen LogP contribution in [0.5, 0.6) is 11.5 Å². The molecule has 20 heavy (non-hydrogen) atoms. The third kappa shape index (κ3) is 3.19. The number of halogens is 1. The molecule has 1 aromatic carbocycles. The third-order valence-electron chi connectivity index (χ3n) is 3.68. The fourth-order valence-electron chi connectivity index (χ4n) is 2.71. The predicted molar refractivity (Wildman–Crippen MR) is 79.9 cm³/mol. The molecular weight excluding hydrogens is 278 g/mol. The molecule has 0 saturated carbocycles. The first-order chi connectivity index (χ1) is 9.71. The van der Waals surface area contributed by atoms with E-state index >= 15 is 0 Å². The first-order valence-electron chi connectivity index (χ1n) is 6.93. The number of hydrogen-bond donors (Lipinski definition) is 1. The standard InChI is InChI=1S/C15H22ClNO3/c1-4-17-14(10-5-6-20-9-10)11-7-12(16)15(19-3)13(8-11)18-2/h7-8,10,14,17H,4-6,9H2,1-3H3. The van der Waals surface area contributed by atoms with Crippen LogP contribution < -0.4 is 14.8 Å². The average Bonchev–Trinajstić information content (AvgIpc) is 2.97. The predicted octanol–water partition coefficient (Wildman–Crippen LogP) is 3.04. The average molecular weight is 300 g/mol. The lowest BCUT2D eigenvalue weighted by Gasteiger charge is -2.25. The van der Waals surface area contributed by atoms with Crippen molar-refractivity contribution in [1.29, 1.82) is 0 Å². The molecule has 0 bridgehead atoms. The molecule has 4 nitrogen and oxygen atoms in total. The Morgan fingerprint density at radius 3 is 2.75 bits per heavy atom. The molecule has 2 atom stereocenters. The van der Waals surface area contributed by atoms with Crippen LogP contribution >= 0.6 is 11.6 Å². The van der Waals surface area contributed by atoms with E-state index in [4.69, 9.17) is 25.8 Å². The molecule has 1 aliphatic rings. The van der Waals surface area contributed by atoms with Crippen LogP contribution in [0.15, 0.2) is 12.1 Å². The van der Waals surface area contributed by atoms with Gasteiger partial charge >= 0.3 is 0 Å². The van der Waals surface area contributed by atoms with Gasteiger partial charge in [0.05, 0.1) is 25.8 Å². The van der Waals surface area contributed by atoms with Crippen LogP contribution in [0.25, 0.3) is 0 Å². The van der Waals surface area contributed by atoms with Crippen LogP contribution in [0.4, 0.5) is 0 Å². The second-order valence-corrected chi connectivity index (χ2v) is 5.30. The van der Waals surface area contributed by atoms with Crippen molar-refractivity contribution in [2.24, 2.45) is 5.92 Å². The first kappa shape index (κ1) is 15.4. The van der Waals surface area contributed by atoms with Crippen LogP contribution in [-0.2, 0) is 4.74 Å². The molecule has 5 heteroatoms. The molecular formula is C15H22ClNO3. The minimum absolute atomic E-state index is 0.222. The fraction of sp³-hybridized carbons (Fsp3) is 0.600. The maximum absolute atomic E-state index is 6.30. The summed E-state index contributed by atoms with van der Waals surface area (Å²) in [6.07, 6.45) is 1.06. The first-order valence-corrected chi connectivity index (χ1v) is 7.31. The molecule has 1 saturated heterocycles. The van der Waals surface area contributed by atoms with Gasteiger partial charge in [-0.3, -0.25) is 0 Å². The highest BCUT2D eigenvalue weighted by molar-refractivity contribution is 6.32. The van der Waals surface area contributed by atoms with Crippen molar-refractivity contribution >= 4 is 11.6 Å². The second-order valence-electron chi connectivity index (χ2n) is 4.90. The molecule has 1 N–H and O–H groups in total. The summed E-state index contributed by atoms with van der Waals surface area (Å²) in [6, 6.07) is 4.17. The van der Waals surface area contributed by atoms with Crippen molar-refractivity contribution < 1.29 is 14.2 Å². The summed E-state index contributed by atoms with van der Waals surface area (Å²) in [7, 11) is 3.22. The number of benzene rings is 1. The van der Waals surface area contributed by atoms with Gasteiger partial charge in [0.1, 0.15) is 0 Å². The van der Waals surface area contributed by atoms with E-state index in [1.807, 2.05) is 12.1 Å². The van der Waals surface area contributed by atoms with Gasteiger partial charge in [-0.05, 0) is 30.7 Å². The summed E-state index contributed by atoms with van der Waals surface area (Å²) in [6.45, 7) is 4.61. The van der Waals surface area contributed by atoms with Crippen LogP contribution in [0.3, 0.4) is 0 Å². The van der Waals surface area contributed by atoms with E-state index in [0.29, 0.717) is 22.4 Å². The van der Waals surface area contributed by atoms with E-state index in [-0.39, 0.29) is 6.04 Å². The van der Waals surface area contributed by atoms with Gasteiger partial charge in [0, 0.05) is 18.6 Å². The van der Waals surface area contributed by atoms with E-state index in [1.54, 1.807) is 14.2 Å². The number of rotatable bonds is 6. The highest BCUT2D eigenvalue weighted by Crippen LogP contribution is 2.40. The molecule has 1 aromatic rings. The largest absolute Gasteiger partial charge is 0.493 e. The third-order valence-corrected chi connectivity index (χ3v) is 3.96. The minimum atomic E-state index is 0.222. The molecule has 0 aromatic heterocycles. The van der Waals surface area contributed by atoms with Gasteiger partial charge in [-0.1, -0.05) is 18.5 Å². The molecule has 0 aliphatic carbocycles. The lowest BCUT2D eigenvalue weighted by atomic mass is 9.92. The van der Waals surface area contributed by atoms with Gasteiger partial charge in [-0.15, -0.1) is 0 Å². The van der Waals surface area contributed by atoms with Crippen molar-refractivity contribution in [2.45, 2.75) is 19.4 Å². The number of methoxy groups -OCH3 is 2. The van der Waals surface area contributed by atoms with Gasteiger partial charge in [0.25, 0.3) is 0 Å². The summed E-state index contributed by atoms with van der Waals surface area (Å²) in [4.78, 5) is 0. The molecule has 2 rings (SSSR count). The Balaban J connectivity index is 2.34. The van der Waals surface area contributed by atoms with Crippen molar-refractivity contribution in [3.63, 3.8) is 0 Å². The molecule has 112 valence electrons. The van der Waals surface area contributed by atoms with E-state index in [0.717, 1.165) is 31.7 Å². The monoisotopic (exact) mass is 299 g/mol. The number of hydrogen-bond acceptors (Lipinski definition) is 4. The van der Waals surface area contributed by atoms with Crippen LogP contribution in [0, 0.1) is 5.92 Å². The molecule has 2 unspecified atom stereocenters. The Morgan fingerprint density at radius 1 is 1.40 bits per heavy atom. The van der Waals surface area contributed by atoms with Gasteiger partial charge in [-0.2, -0.15) is 0 Å². The van der Waals surface area contributed by atoms with Crippen molar-refractivity contribution in [3.8, 4) is 11.5 Å². The van der Waals surface area contributed by atoms with E-state index in [9.17, 15) is 0 Å². The number of ether oxygens (including phenoxy) is 3. The van der Waals surface area contributed by atoms with E-state index < -0.39 is 0 Å². The topological polar surface area (TPSA) is 39.7 Å². The molecule has 0 amide bonds. The Morgan fingerprint density at radius 2 is 2.20 bits per heavy atom. The summed E-state index contributed by atoms with van der Waals surface area (Å²) in [5.74, 6) is 1.71. The minimum Gasteiger partial charge on any atom is -0.493 e. The highest BCUT2D eigenvalue weighted by Gasteiger charge is 2.28. The summed E-state index contributed by atoms with van der Waals surface area (Å²) in [5, 5.41) is 4.09. The van der Waals surface area contributed by atoms with Crippen molar-refractivity contribution in [3.05, 3.63) is 22.7 Å². The van der Waals surface area contributed by atoms with Gasteiger partial charge in [-0.25, -0.2) is 0 Å². The maximum atomic E-state index is 6.30. The molecule has 0 radical (unpaired) electrons. The van der Waals surface area contributed by atoms with Crippen LogP contribution in [0.1, 0.15) is 24.9 Å². The Kier molecular flexibility index (Phi) is 5.52. The Bertz CT molecular complexity index is 447. The quantitative estimate of drug-likeness (QED) is 0.876. The Hall–Kier alpha value is -0.970. The Labute approximate surface area is 125 Å². The maximum Gasteiger partial charge on any atom is 0.179 e. The van der Waals surface area contributed by atoms with Crippen molar-refractivity contribution in [2.75, 3.05) is 34.0 Å². The zero-order chi connectivity index (χ0) is 14.5. The summed E-state index contributed by atoms with van der Waals surface area (Å²) in [5.41, 5.74) is 1.12. The zero-order valence-electron chi connectivity index (χ0n) is 12.2.